The third-order valence-corrected chi connectivity index (χ3v) is 2.72. The number of rotatable bonds is 6. The van der Waals surface area contributed by atoms with E-state index in [0.29, 0.717) is 17.5 Å². The van der Waals surface area contributed by atoms with Crippen molar-refractivity contribution in [2.24, 2.45) is 0 Å². The van der Waals surface area contributed by atoms with Gasteiger partial charge in [0.15, 0.2) is 5.82 Å². The minimum absolute atomic E-state index is 0.112. The Kier molecular flexibility index (Phi) is 4.99. The Balaban J connectivity index is 2.16. The zero-order valence-corrected chi connectivity index (χ0v) is 11.4. The summed E-state index contributed by atoms with van der Waals surface area (Å²) in [5.41, 5.74) is 1.09. The number of benzene rings is 1. The molecule has 0 amide bonds. The van der Waals surface area contributed by atoms with Crippen LogP contribution in [0.2, 0.25) is 5.02 Å². The molecule has 0 unspecified atom stereocenters. The van der Waals surface area contributed by atoms with Gasteiger partial charge in [0.05, 0.1) is 12.7 Å². The van der Waals surface area contributed by atoms with E-state index in [1.165, 1.54) is 6.20 Å². The van der Waals surface area contributed by atoms with Gasteiger partial charge in [0.1, 0.15) is 11.3 Å². The number of carbonyl (C=O) groups excluding carboxylic acids is 1. The molecule has 110 valence electrons. The molecule has 1 heterocycles. The molecule has 21 heavy (non-hydrogen) atoms. The van der Waals surface area contributed by atoms with Gasteiger partial charge in [-0.05, 0) is 12.1 Å². The molecule has 0 aliphatic heterocycles. The number of nitrogens with one attached hydrogen (secondary N) is 2. The van der Waals surface area contributed by atoms with Gasteiger partial charge >= 0.3 is 0 Å². The van der Waals surface area contributed by atoms with Crippen LogP contribution in [0.15, 0.2) is 30.5 Å². The van der Waals surface area contributed by atoms with Crippen molar-refractivity contribution in [3.8, 4) is 0 Å². The second-order valence-electron chi connectivity index (χ2n) is 4.03. The summed E-state index contributed by atoms with van der Waals surface area (Å²) >= 11 is 5.82. The van der Waals surface area contributed by atoms with E-state index in [1.807, 2.05) is 0 Å². The molecule has 8 heteroatoms. The average molecular weight is 313 g/mol. The van der Waals surface area contributed by atoms with Crippen LogP contribution in [0.25, 0.3) is 0 Å². The maximum Gasteiger partial charge on any atom is 0.255 e. The van der Waals surface area contributed by atoms with Crippen LogP contribution in [0.3, 0.4) is 0 Å². The summed E-state index contributed by atoms with van der Waals surface area (Å²) in [4.78, 5) is 18.7. The molecule has 0 saturated heterocycles. The normalized spacial score (nSPS) is 10.5. The fourth-order valence-corrected chi connectivity index (χ4v) is 1.70. The third kappa shape index (κ3) is 4.35. The highest BCUT2D eigenvalue weighted by Gasteiger charge is 2.08. The highest BCUT2D eigenvalue weighted by Crippen LogP contribution is 2.21. The monoisotopic (exact) mass is 312 g/mol. The molecule has 5 nitrogen and oxygen atoms in total. The smallest absolute Gasteiger partial charge is 0.255 e. The van der Waals surface area contributed by atoms with Crippen LogP contribution >= 0.6 is 11.6 Å². The Labute approximate surface area is 124 Å². The highest BCUT2D eigenvalue weighted by molar-refractivity contribution is 6.32. The summed E-state index contributed by atoms with van der Waals surface area (Å²) in [6.45, 7) is -0.559. The van der Waals surface area contributed by atoms with Crippen LogP contribution in [0, 0.1) is 0 Å². The van der Waals surface area contributed by atoms with Crippen molar-refractivity contribution in [1.29, 1.82) is 0 Å². The molecule has 0 aliphatic carbocycles. The van der Waals surface area contributed by atoms with Crippen molar-refractivity contribution in [3.05, 3.63) is 41.0 Å². The number of carbonyl (C=O) groups is 1. The number of hydrogen-bond acceptors (Lipinski definition) is 5. The minimum atomic E-state index is -2.52. The average Bonchev–Trinajstić information content (AvgIpc) is 2.48. The Morgan fingerprint density at radius 2 is 2.19 bits per heavy atom. The van der Waals surface area contributed by atoms with Crippen molar-refractivity contribution < 1.29 is 13.6 Å². The van der Waals surface area contributed by atoms with E-state index in [2.05, 4.69) is 20.6 Å². The van der Waals surface area contributed by atoms with Crippen LogP contribution in [-0.4, -0.2) is 29.2 Å². The van der Waals surface area contributed by atoms with E-state index in [1.54, 1.807) is 24.3 Å². The second-order valence-corrected chi connectivity index (χ2v) is 4.44. The molecule has 0 spiro atoms. The molecule has 0 fully saturated rings. The summed E-state index contributed by atoms with van der Waals surface area (Å²) < 4.78 is 24.4. The Morgan fingerprint density at radius 3 is 2.90 bits per heavy atom. The zero-order chi connectivity index (χ0) is 15.2. The van der Waals surface area contributed by atoms with Crippen LogP contribution in [0.5, 0.6) is 0 Å². The predicted octanol–water partition coefficient (Wildman–Crippen LogP) is 3.36. The first-order valence-electron chi connectivity index (χ1n) is 5.95. The molecular formula is C13H11ClF2N4O. The highest BCUT2D eigenvalue weighted by atomic mass is 35.5. The molecule has 1 aromatic heterocycles. The SMILES string of the molecule is O=Cc1cccc(Nc2ncc(Cl)c(NCC(F)F)n2)c1. The molecule has 0 bridgehead atoms. The molecule has 2 N–H and O–H groups in total. The fourth-order valence-electron chi connectivity index (χ4n) is 1.54. The van der Waals surface area contributed by atoms with Crippen LogP contribution < -0.4 is 10.6 Å². The lowest BCUT2D eigenvalue weighted by Gasteiger charge is -2.09. The van der Waals surface area contributed by atoms with Gasteiger partial charge in [0, 0.05) is 11.3 Å². The largest absolute Gasteiger partial charge is 0.363 e. The summed E-state index contributed by atoms with van der Waals surface area (Å²) in [7, 11) is 0. The van der Waals surface area contributed by atoms with E-state index in [4.69, 9.17) is 11.6 Å². The van der Waals surface area contributed by atoms with Crippen molar-refractivity contribution in [3.63, 3.8) is 0 Å². The molecule has 0 radical (unpaired) electrons. The molecule has 2 rings (SSSR count). The van der Waals surface area contributed by atoms with Gasteiger partial charge in [-0.1, -0.05) is 23.7 Å². The molecule has 0 aliphatic rings. The summed E-state index contributed by atoms with van der Waals surface area (Å²) in [5.74, 6) is 0.292. The summed E-state index contributed by atoms with van der Waals surface area (Å²) in [6, 6.07) is 6.67. The Morgan fingerprint density at radius 1 is 1.38 bits per heavy atom. The number of nitrogens with zero attached hydrogens (tertiary/aromatic N) is 2. The topological polar surface area (TPSA) is 66.9 Å². The number of aromatic nitrogens is 2. The van der Waals surface area contributed by atoms with Gasteiger partial charge in [0.2, 0.25) is 5.95 Å². The van der Waals surface area contributed by atoms with Crippen LogP contribution in [0.1, 0.15) is 10.4 Å². The number of halogens is 3. The number of alkyl halides is 2. The van der Waals surface area contributed by atoms with Crippen molar-refractivity contribution >= 4 is 35.3 Å². The summed E-state index contributed by atoms with van der Waals surface area (Å²) in [5, 5.41) is 5.44. The third-order valence-electron chi connectivity index (χ3n) is 2.45. The van der Waals surface area contributed by atoms with E-state index in [0.717, 1.165) is 0 Å². The molecule has 2 aromatic rings. The quantitative estimate of drug-likeness (QED) is 0.801. The van der Waals surface area contributed by atoms with E-state index >= 15 is 0 Å². The standard InChI is InChI=1S/C13H11ClF2N4O/c14-10-5-18-13(20-12(10)17-6-11(15)16)19-9-3-1-2-8(4-9)7-21/h1-5,7,11H,6H2,(H2,17,18,19,20). The van der Waals surface area contributed by atoms with Crippen LogP contribution in [0.4, 0.5) is 26.2 Å². The molecule has 0 saturated carbocycles. The lowest BCUT2D eigenvalue weighted by atomic mass is 10.2. The van der Waals surface area contributed by atoms with Crippen molar-refractivity contribution in [2.75, 3.05) is 17.2 Å². The lowest BCUT2D eigenvalue weighted by molar-refractivity contribution is 0.112. The van der Waals surface area contributed by atoms with Crippen molar-refractivity contribution in [1.82, 2.24) is 9.97 Å². The van der Waals surface area contributed by atoms with Gasteiger partial charge in [-0.2, -0.15) is 4.98 Å². The Bertz CT molecular complexity index is 639. The van der Waals surface area contributed by atoms with Crippen LogP contribution in [-0.2, 0) is 0 Å². The first-order chi connectivity index (χ1) is 10.1. The lowest BCUT2D eigenvalue weighted by Crippen LogP contribution is -2.12. The second kappa shape index (κ2) is 6.94. The zero-order valence-electron chi connectivity index (χ0n) is 10.7. The van der Waals surface area contributed by atoms with E-state index < -0.39 is 13.0 Å². The number of hydrogen-bond donors (Lipinski definition) is 2. The molecule has 1 aromatic carbocycles. The number of aldehydes is 1. The predicted molar refractivity (Wildman–Crippen MR) is 76.6 cm³/mol. The maximum atomic E-state index is 12.2. The molecular weight excluding hydrogens is 302 g/mol. The Hall–Kier alpha value is -2.28. The number of anilines is 3. The van der Waals surface area contributed by atoms with Gasteiger partial charge in [-0.3, -0.25) is 4.79 Å². The maximum absolute atomic E-state index is 12.2. The summed E-state index contributed by atoms with van der Waals surface area (Å²) in [6.07, 6.45) is -0.505. The van der Waals surface area contributed by atoms with Gasteiger partial charge in [0.25, 0.3) is 6.43 Å². The van der Waals surface area contributed by atoms with Gasteiger partial charge in [-0.15, -0.1) is 0 Å². The van der Waals surface area contributed by atoms with Crippen molar-refractivity contribution in [2.45, 2.75) is 6.43 Å². The molecule has 0 atom stereocenters. The van der Waals surface area contributed by atoms with Gasteiger partial charge in [-0.25, -0.2) is 13.8 Å². The van der Waals surface area contributed by atoms with E-state index in [-0.39, 0.29) is 16.8 Å². The van der Waals surface area contributed by atoms with E-state index in [9.17, 15) is 13.6 Å². The van der Waals surface area contributed by atoms with Gasteiger partial charge < -0.3 is 10.6 Å². The first-order valence-corrected chi connectivity index (χ1v) is 6.33. The minimum Gasteiger partial charge on any atom is -0.363 e. The first kappa shape index (κ1) is 15.1. The fraction of sp³-hybridized carbons (Fsp3) is 0.154.